The minimum atomic E-state index is -4.00. The average Bonchev–Trinajstić information content (AvgIpc) is 2.30. The highest BCUT2D eigenvalue weighted by molar-refractivity contribution is 4.83. The second-order valence-corrected chi connectivity index (χ2v) is 5.24. The van der Waals surface area contributed by atoms with E-state index in [1.165, 1.54) is 0 Å². The third kappa shape index (κ3) is 3.58. The molecule has 1 saturated carbocycles. The average molecular weight is 250 g/mol. The van der Waals surface area contributed by atoms with Gasteiger partial charge in [0, 0.05) is 32.7 Å². The number of rotatable bonds is 2. The molecule has 0 amide bonds. The predicted molar refractivity (Wildman–Crippen MR) is 60.8 cm³/mol. The van der Waals surface area contributed by atoms with Gasteiger partial charge in [0.2, 0.25) is 0 Å². The summed E-state index contributed by atoms with van der Waals surface area (Å²) in [7, 11) is 0. The highest BCUT2D eigenvalue weighted by Gasteiger charge is 2.45. The van der Waals surface area contributed by atoms with E-state index >= 15 is 0 Å². The van der Waals surface area contributed by atoms with Gasteiger partial charge < -0.3 is 10.2 Å². The van der Waals surface area contributed by atoms with E-state index < -0.39 is 12.1 Å². The summed E-state index contributed by atoms with van der Waals surface area (Å²) in [5, 5.41) is 3.23. The Labute approximate surface area is 101 Å². The van der Waals surface area contributed by atoms with Gasteiger partial charge in [0.1, 0.15) is 0 Å². The summed E-state index contributed by atoms with van der Waals surface area (Å²) >= 11 is 0. The van der Waals surface area contributed by atoms with Crippen LogP contribution in [0.5, 0.6) is 0 Å². The Bertz CT molecular complexity index is 236. The molecular weight excluding hydrogens is 229 g/mol. The van der Waals surface area contributed by atoms with Crippen molar-refractivity contribution in [1.29, 1.82) is 0 Å². The molecule has 0 radical (unpaired) electrons. The van der Waals surface area contributed by atoms with Crippen molar-refractivity contribution in [1.82, 2.24) is 10.2 Å². The number of hydrogen-bond acceptors (Lipinski definition) is 2. The van der Waals surface area contributed by atoms with E-state index in [2.05, 4.69) is 10.2 Å². The van der Waals surface area contributed by atoms with Gasteiger partial charge in [-0.25, -0.2) is 0 Å². The maximum absolute atomic E-state index is 12.9. The highest BCUT2D eigenvalue weighted by Crippen LogP contribution is 2.41. The minimum Gasteiger partial charge on any atom is -0.314 e. The van der Waals surface area contributed by atoms with Gasteiger partial charge in [0.15, 0.2) is 0 Å². The first-order valence-electron chi connectivity index (χ1n) is 6.57. The fourth-order valence-corrected chi connectivity index (χ4v) is 3.08. The predicted octanol–water partition coefficient (Wildman–Crippen LogP) is 2.26. The highest BCUT2D eigenvalue weighted by atomic mass is 19.4. The fourth-order valence-electron chi connectivity index (χ4n) is 3.08. The van der Waals surface area contributed by atoms with Crippen LogP contribution in [0.4, 0.5) is 13.2 Å². The standard InChI is InChI=1S/C12H21F3N2/c13-12(14,15)11-4-2-1-3-10(11)9-17-7-5-16-6-8-17/h10-11,16H,1-9H2. The molecular formula is C12H21F3N2. The molecule has 1 saturated heterocycles. The van der Waals surface area contributed by atoms with Crippen molar-refractivity contribution in [2.45, 2.75) is 31.9 Å². The Hall–Kier alpha value is -0.290. The molecule has 2 nitrogen and oxygen atoms in total. The van der Waals surface area contributed by atoms with Crippen LogP contribution >= 0.6 is 0 Å². The van der Waals surface area contributed by atoms with Crippen molar-refractivity contribution in [3.05, 3.63) is 0 Å². The quantitative estimate of drug-likeness (QED) is 0.808. The van der Waals surface area contributed by atoms with Crippen LogP contribution in [0.1, 0.15) is 25.7 Å². The van der Waals surface area contributed by atoms with Gasteiger partial charge in [0.25, 0.3) is 0 Å². The lowest BCUT2D eigenvalue weighted by Gasteiger charge is -2.37. The lowest BCUT2D eigenvalue weighted by atomic mass is 9.78. The first-order valence-corrected chi connectivity index (χ1v) is 6.57. The molecule has 5 heteroatoms. The van der Waals surface area contributed by atoms with Gasteiger partial charge in [-0.1, -0.05) is 12.8 Å². The van der Waals surface area contributed by atoms with E-state index in [0.717, 1.165) is 45.4 Å². The summed E-state index contributed by atoms with van der Waals surface area (Å²) in [5.74, 6) is -1.24. The lowest BCUT2D eigenvalue weighted by molar-refractivity contribution is -0.198. The number of nitrogens with one attached hydrogen (secondary N) is 1. The number of nitrogens with zero attached hydrogens (tertiary/aromatic N) is 1. The normalized spacial score (nSPS) is 32.6. The summed E-state index contributed by atoms with van der Waals surface area (Å²) in [6, 6.07) is 0. The number of halogens is 3. The third-order valence-electron chi connectivity index (χ3n) is 4.03. The maximum Gasteiger partial charge on any atom is 0.392 e. The second kappa shape index (κ2) is 5.57. The zero-order chi connectivity index (χ0) is 12.3. The van der Waals surface area contributed by atoms with E-state index in [4.69, 9.17) is 0 Å². The monoisotopic (exact) mass is 250 g/mol. The van der Waals surface area contributed by atoms with Crippen LogP contribution in [0, 0.1) is 11.8 Å². The van der Waals surface area contributed by atoms with Crippen molar-refractivity contribution in [3.63, 3.8) is 0 Å². The van der Waals surface area contributed by atoms with Gasteiger partial charge in [0.05, 0.1) is 5.92 Å². The molecule has 100 valence electrons. The van der Waals surface area contributed by atoms with Crippen molar-refractivity contribution in [2.24, 2.45) is 11.8 Å². The zero-order valence-electron chi connectivity index (χ0n) is 10.1. The molecule has 1 aliphatic carbocycles. The van der Waals surface area contributed by atoms with Gasteiger partial charge in [-0.2, -0.15) is 13.2 Å². The van der Waals surface area contributed by atoms with Crippen LogP contribution < -0.4 is 5.32 Å². The molecule has 2 fully saturated rings. The molecule has 0 aromatic carbocycles. The molecule has 1 aliphatic heterocycles. The smallest absolute Gasteiger partial charge is 0.314 e. The Kier molecular flexibility index (Phi) is 4.31. The van der Waals surface area contributed by atoms with Crippen LogP contribution in [0.15, 0.2) is 0 Å². The molecule has 2 atom stereocenters. The minimum absolute atomic E-state index is 0.179. The molecule has 2 unspecified atom stereocenters. The molecule has 0 spiro atoms. The van der Waals surface area contributed by atoms with E-state index in [-0.39, 0.29) is 5.92 Å². The number of piperazine rings is 1. The Balaban J connectivity index is 1.91. The summed E-state index contributed by atoms with van der Waals surface area (Å²) in [5.41, 5.74) is 0. The van der Waals surface area contributed by atoms with Crippen molar-refractivity contribution in [3.8, 4) is 0 Å². The molecule has 17 heavy (non-hydrogen) atoms. The Morgan fingerprint density at radius 3 is 2.35 bits per heavy atom. The molecule has 2 rings (SSSR count). The molecule has 0 bridgehead atoms. The Morgan fingerprint density at radius 2 is 1.71 bits per heavy atom. The van der Waals surface area contributed by atoms with Crippen LogP contribution in [0.3, 0.4) is 0 Å². The van der Waals surface area contributed by atoms with E-state index in [1.54, 1.807) is 0 Å². The first kappa shape index (κ1) is 13.1. The van der Waals surface area contributed by atoms with E-state index in [0.29, 0.717) is 13.0 Å². The van der Waals surface area contributed by atoms with Crippen molar-refractivity contribution < 1.29 is 13.2 Å². The SMILES string of the molecule is FC(F)(F)C1CCCCC1CN1CCNCC1. The topological polar surface area (TPSA) is 15.3 Å². The van der Waals surface area contributed by atoms with Crippen LogP contribution in [-0.2, 0) is 0 Å². The molecule has 0 aromatic rings. The first-order chi connectivity index (χ1) is 8.07. The maximum atomic E-state index is 12.9. The van der Waals surface area contributed by atoms with Gasteiger partial charge in [-0.3, -0.25) is 0 Å². The van der Waals surface area contributed by atoms with E-state index in [1.807, 2.05) is 0 Å². The molecule has 0 aromatic heterocycles. The van der Waals surface area contributed by atoms with Crippen molar-refractivity contribution in [2.75, 3.05) is 32.7 Å². The molecule has 1 heterocycles. The number of alkyl halides is 3. The van der Waals surface area contributed by atoms with Crippen LogP contribution in [0.25, 0.3) is 0 Å². The lowest BCUT2D eigenvalue weighted by Crippen LogP contribution is -2.47. The molecule has 1 N–H and O–H groups in total. The van der Waals surface area contributed by atoms with Crippen LogP contribution in [-0.4, -0.2) is 43.8 Å². The van der Waals surface area contributed by atoms with Gasteiger partial charge in [-0.05, 0) is 18.8 Å². The summed E-state index contributed by atoms with van der Waals surface area (Å²) in [4.78, 5) is 2.19. The van der Waals surface area contributed by atoms with Crippen molar-refractivity contribution >= 4 is 0 Å². The fraction of sp³-hybridized carbons (Fsp3) is 1.00. The van der Waals surface area contributed by atoms with E-state index in [9.17, 15) is 13.2 Å². The zero-order valence-corrected chi connectivity index (χ0v) is 10.1. The summed E-state index contributed by atoms with van der Waals surface area (Å²) < 4.78 is 38.7. The van der Waals surface area contributed by atoms with Gasteiger partial charge >= 0.3 is 6.18 Å². The summed E-state index contributed by atoms with van der Waals surface area (Å²) in [6.07, 6.45) is -1.22. The largest absolute Gasteiger partial charge is 0.392 e. The van der Waals surface area contributed by atoms with Crippen LogP contribution in [0.2, 0.25) is 0 Å². The van der Waals surface area contributed by atoms with Gasteiger partial charge in [-0.15, -0.1) is 0 Å². The molecule has 2 aliphatic rings. The number of hydrogen-bond donors (Lipinski definition) is 1. The third-order valence-corrected chi connectivity index (χ3v) is 4.03. The second-order valence-electron chi connectivity index (χ2n) is 5.24. The summed E-state index contributed by atoms with van der Waals surface area (Å²) in [6.45, 7) is 4.22. The Morgan fingerprint density at radius 1 is 1.06 bits per heavy atom.